The zero-order chi connectivity index (χ0) is 15.2. The minimum atomic E-state index is -0.413. The topological polar surface area (TPSA) is 68.1 Å². The second-order valence-electron chi connectivity index (χ2n) is 5.09. The average molecular weight is 285 g/mol. The summed E-state index contributed by atoms with van der Waals surface area (Å²) in [5, 5.41) is 14.0. The Kier molecular flexibility index (Phi) is 4.87. The van der Waals surface area contributed by atoms with Gasteiger partial charge in [-0.3, -0.25) is 10.1 Å². The first kappa shape index (κ1) is 15.0. The minimum Gasteiger partial charge on any atom is -0.370 e. The lowest BCUT2D eigenvalue weighted by molar-refractivity contribution is -0.385. The number of nitrogens with one attached hydrogen (secondary N) is 1. The predicted molar refractivity (Wildman–Crippen MR) is 83.6 cm³/mol. The van der Waals surface area contributed by atoms with Gasteiger partial charge in [0.25, 0.3) is 5.69 Å². The lowest BCUT2D eigenvalue weighted by Gasteiger charge is -2.12. The van der Waals surface area contributed by atoms with E-state index < -0.39 is 4.92 Å². The van der Waals surface area contributed by atoms with Gasteiger partial charge in [0.15, 0.2) is 0 Å². The normalized spacial score (nSPS) is 11.9. The van der Waals surface area contributed by atoms with Crippen LogP contribution in [0.3, 0.4) is 0 Å². The molecule has 0 aliphatic rings. The molecule has 110 valence electrons. The van der Waals surface area contributed by atoms with Crippen LogP contribution in [0.2, 0.25) is 0 Å². The standard InChI is InChI=1S/C16H19N3O2/c1-12(14-6-4-3-5-7-14)10-11-17-16-9-8-15(19(20)21)13(2)18-16/h3-9,12H,10-11H2,1-2H3,(H,17,18). The highest BCUT2D eigenvalue weighted by Gasteiger charge is 2.11. The van der Waals surface area contributed by atoms with Gasteiger partial charge < -0.3 is 5.32 Å². The van der Waals surface area contributed by atoms with Gasteiger partial charge in [-0.1, -0.05) is 37.3 Å². The molecule has 0 saturated heterocycles. The van der Waals surface area contributed by atoms with E-state index in [0.717, 1.165) is 13.0 Å². The quantitative estimate of drug-likeness (QED) is 0.645. The van der Waals surface area contributed by atoms with Gasteiger partial charge in [-0.25, -0.2) is 4.98 Å². The van der Waals surface area contributed by atoms with Crippen molar-refractivity contribution in [1.82, 2.24) is 4.98 Å². The van der Waals surface area contributed by atoms with Gasteiger partial charge in [-0.15, -0.1) is 0 Å². The maximum absolute atomic E-state index is 10.7. The van der Waals surface area contributed by atoms with Crippen LogP contribution in [0.1, 0.15) is 30.5 Å². The summed E-state index contributed by atoms with van der Waals surface area (Å²) in [5.74, 6) is 1.14. The molecule has 1 unspecified atom stereocenters. The molecule has 0 spiro atoms. The van der Waals surface area contributed by atoms with E-state index in [-0.39, 0.29) is 5.69 Å². The highest BCUT2D eigenvalue weighted by atomic mass is 16.6. The second kappa shape index (κ2) is 6.83. The number of hydrogen-bond acceptors (Lipinski definition) is 4. The van der Waals surface area contributed by atoms with Crippen molar-refractivity contribution in [2.75, 3.05) is 11.9 Å². The molecule has 5 nitrogen and oxygen atoms in total. The van der Waals surface area contributed by atoms with E-state index >= 15 is 0 Å². The van der Waals surface area contributed by atoms with Crippen molar-refractivity contribution in [2.24, 2.45) is 0 Å². The van der Waals surface area contributed by atoms with Crippen LogP contribution in [0.15, 0.2) is 42.5 Å². The molecule has 0 bridgehead atoms. The van der Waals surface area contributed by atoms with Crippen LogP contribution in [0.25, 0.3) is 0 Å². The number of nitrogens with zero attached hydrogens (tertiary/aromatic N) is 2. The zero-order valence-electron chi connectivity index (χ0n) is 12.2. The van der Waals surface area contributed by atoms with Crippen LogP contribution >= 0.6 is 0 Å². The van der Waals surface area contributed by atoms with Gasteiger partial charge >= 0.3 is 0 Å². The molecule has 1 aromatic carbocycles. The van der Waals surface area contributed by atoms with Crippen LogP contribution < -0.4 is 5.32 Å². The van der Waals surface area contributed by atoms with Crippen LogP contribution in [0, 0.1) is 17.0 Å². The molecule has 0 aliphatic heterocycles. The van der Waals surface area contributed by atoms with E-state index in [4.69, 9.17) is 0 Å². The summed E-state index contributed by atoms with van der Waals surface area (Å²) < 4.78 is 0. The molecule has 2 rings (SSSR count). The smallest absolute Gasteiger partial charge is 0.290 e. The molecule has 0 aliphatic carbocycles. The van der Waals surface area contributed by atoms with Gasteiger partial charge in [-0.05, 0) is 30.9 Å². The summed E-state index contributed by atoms with van der Waals surface area (Å²) in [7, 11) is 0. The van der Waals surface area contributed by atoms with Gasteiger partial charge in [0.05, 0.1) is 4.92 Å². The predicted octanol–water partition coefficient (Wildman–Crippen LogP) is 3.90. The Bertz CT molecular complexity index is 614. The number of pyridine rings is 1. The second-order valence-corrected chi connectivity index (χ2v) is 5.09. The van der Waals surface area contributed by atoms with Crippen molar-refractivity contribution in [3.8, 4) is 0 Å². The third kappa shape index (κ3) is 4.02. The van der Waals surface area contributed by atoms with Gasteiger partial charge in [0.2, 0.25) is 0 Å². The molecule has 0 amide bonds. The van der Waals surface area contributed by atoms with Crippen molar-refractivity contribution >= 4 is 11.5 Å². The number of hydrogen-bond donors (Lipinski definition) is 1. The first-order chi connectivity index (χ1) is 10.1. The van der Waals surface area contributed by atoms with Crippen molar-refractivity contribution in [3.05, 3.63) is 63.8 Å². The SMILES string of the molecule is Cc1nc(NCCC(C)c2ccccc2)ccc1[N+](=O)[O-]. The number of benzene rings is 1. The Balaban J connectivity index is 1.89. The summed E-state index contributed by atoms with van der Waals surface area (Å²) in [4.78, 5) is 14.5. The minimum absolute atomic E-state index is 0.0539. The average Bonchev–Trinajstić information content (AvgIpc) is 2.47. The monoisotopic (exact) mass is 285 g/mol. The van der Waals surface area contributed by atoms with E-state index in [2.05, 4.69) is 29.4 Å². The molecule has 0 radical (unpaired) electrons. The molecule has 1 aromatic heterocycles. The molecule has 0 saturated carbocycles. The lowest BCUT2D eigenvalue weighted by atomic mass is 9.98. The fourth-order valence-corrected chi connectivity index (χ4v) is 2.21. The molecular formula is C16H19N3O2. The summed E-state index contributed by atoms with van der Waals surface area (Å²) in [5.41, 5.74) is 1.80. The highest BCUT2D eigenvalue weighted by molar-refractivity contribution is 5.44. The van der Waals surface area contributed by atoms with Crippen molar-refractivity contribution < 1.29 is 4.92 Å². The maximum Gasteiger partial charge on any atom is 0.290 e. The molecule has 1 N–H and O–H groups in total. The Morgan fingerprint density at radius 1 is 1.24 bits per heavy atom. The van der Waals surface area contributed by atoms with E-state index in [9.17, 15) is 10.1 Å². The van der Waals surface area contributed by atoms with Crippen molar-refractivity contribution in [3.63, 3.8) is 0 Å². The Morgan fingerprint density at radius 3 is 2.57 bits per heavy atom. The summed E-state index contributed by atoms with van der Waals surface area (Å²) >= 11 is 0. The third-order valence-corrected chi connectivity index (χ3v) is 3.51. The van der Waals surface area contributed by atoms with Crippen LogP contribution in [-0.2, 0) is 0 Å². The first-order valence-corrected chi connectivity index (χ1v) is 6.99. The molecule has 1 heterocycles. The highest BCUT2D eigenvalue weighted by Crippen LogP contribution is 2.20. The lowest BCUT2D eigenvalue weighted by Crippen LogP contribution is -2.08. The molecular weight excluding hydrogens is 266 g/mol. The number of aryl methyl sites for hydroxylation is 1. The zero-order valence-corrected chi connectivity index (χ0v) is 12.2. The van der Waals surface area contributed by atoms with Crippen LogP contribution in [-0.4, -0.2) is 16.5 Å². The van der Waals surface area contributed by atoms with Crippen molar-refractivity contribution in [1.29, 1.82) is 0 Å². The summed E-state index contributed by atoms with van der Waals surface area (Å²) in [6.45, 7) is 4.61. The number of rotatable bonds is 6. The fourth-order valence-electron chi connectivity index (χ4n) is 2.21. The molecule has 5 heteroatoms. The largest absolute Gasteiger partial charge is 0.370 e. The van der Waals surface area contributed by atoms with E-state index in [0.29, 0.717) is 17.4 Å². The summed E-state index contributed by atoms with van der Waals surface area (Å²) in [6.07, 6.45) is 0.974. The maximum atomic E-state index is 10.7. The van der Waals surface area contributed by atoms with Crippen LogP contribution in [0.4, 0.5) is 11.5 Å². The fraction of sp³-hybridized carbons (Fsp3) is 0.312. The third-order valence-electron chi connectivity index (χ3n) is 3.51. The Hall–Kier alpha value is -2.43. The Labute approximate surface area is 124 Å². The van der Waals surface area contributed by atoms with E-state index in [1.54, 1.807) is 13.0 Å². The first-order valence-electron chi connectivity index (χ1n) is 6.99. The molecule has 1 atom stereocenters. The number of nitro groups is 1. The Morgan fingerprint density at radius 2 is 1.95 bits per heavy atom. The van der Waals surface area contributed by atoms with Crippen molar-refractivity contribution in [2.45, 2.75) is 26.2 Å². The number of aromatic nitrogens is 1. The summed E-state index contributed by atoms with van der Waals surface area (Å²) in [6, 6.07) is 13.5. The van der Waals surface area contributed by atoms with E-state index in [1.165, 1.54) is 11.6 Å². The molecule has 21 heavy (non-hydrogen) atoms. The van der Waals surface area contributed by atoms with Gasteiger partial charge in [-0.2, -0.15) is 0 Å². The van der Waals surface area contributed by atoms with E-state index in [1.807, 2.05) is 18.2 Å². The number of anilines is 1. The molecule has 2 aromatic rings. The molecule has 0 fully saturated rings. The van der Waals surface area contributed by atoms with Gasteiger partial charge in [0.1, 0.15) is 11.5 Å². The van der Waals surface area contributed by atoms with Gasteiger partial charge in [0, 0.05) is 12.6 Å². The van der Waals surface area contributed by atoms with Crippen LogP contribution in [0.5, 0.6) is 0 Å².